The van der Waals surface area contributed by atoms with Crippen LogP contribution in [0.25, 0.3) is 0 Å². The zero-order valence-electron chi connectivity index (χ0n) is 9.16. The maximum Gasteiger partial charge on any atom is 0.103 e. The van der Waals surface area contributed by atoms with Crippen LogP contribution in [0.4, 0.5) is 0 Å². The van der Waals surface area contributed by atoms with E-state index in [1.165, 1.54) is 6.42 Å². The van der Waals surface area contributed by atoms with Crippen LogP contribution in [0, 0.1) is 17.8 Å². The third kappa shape index (κ3) is 2.21. The second-order valence-corrected chi connectivity index (χ2v) is 4.77. The Hall–Kier alpha value is 0.310. The molecule has 1 saturated heterocycles. The Morgan fingerprint density at radius 3 is 2.15 bits per heavy atom. The molecule has 1 aliphatic rings. The standard InChI is InChI=1S/C11H22OS/c1-5-9-7(3)8(4)11(13)12-10(9)6-2/h7-11,13H,5-6H2,1-4H3. The molecule has 1 rings (SSSR count). The molecule has 78 valence electrons. The molecule has 1 nitrogen and oxygen atoms in total. The minimum Gasteiger partial charge on any atom is -0.364 e. The third-order valence-corrected chi connectivity index (χ3v) is 4.21. The molecule has 0 aliphatic carbocycles. The summed E-state index contributed by atoms with van der Waals surface area (Å²) < 4.78 is 5.89. The Labute approximate surface area is 87.7 Å². The van der Waals surface area contributed by atoms with E-state index in [1.54, 1.807) is 0 Å². The van der Waals surface area contributed by atoms with Crippen LogP contribution in [-0.4, -0.2) is 11.5 Å². The maximum atomic E-state index is 5.89. The van der Waals surface area contributed by atoms with Crippen molar-refractivity contribution in [2.24, 2.45) is 17.8 Å². The Kier molecular flexibility index (Phi) is 4.11. The minimum absolute atomic E-state index is 0.141. The first-order chi connectivity index (χ1) is 6.11. The van der Waals surface area contributed by atoms with Crippen molar-refractivity contribution >= 4 is 12.6 Å². The summed E-state index contributed by atoms with van der Waals surface area (Å²) in [5.41, 5.74) is 0.141. The molecular formula is C11H22OS. The fourth-order valence-corrected chi connectivity index (χ4v) is 2.85. The van der Waals surface area contributed by atoms with Gasteiger partial charge in [0.05, 0.1) is 6.10 Å². The molecule has 0 aromatic carbocycles. The molecule has 0 aromatic rings. The van der Waals surface area contributed by atoms with E-state index in [-0.39, 0.29) is 5.44 Å². The van der Waals surface area contributed by atoms with E-state index in [2.05, 4.69) is 40.3 Å². The lowest BCUT2D eigenvalue weighted by molar-refractivity contribution is -0.100. The van der Waals surface area contributed by atoms with Gasteiger partial charge in [0.15, 0.2) is 0 Å². The predicted octanol–water partition coefficient (Wildman–Crippen LogP) is 3.35. The highest BCUT2D eigenvalue weighted by Gasteiger charge is 2.37. The van der Waals surface area contributed by atoms with Crippen LogP contribution in [0.1, 0.15) is 40.5 Å². The summed E-state index contributed by atoms with van der Waals surface area (Å²) in [4.78, 5) is 0. The van der Waals surface area contributed by atoms with Crippen molar-refractivity contribution < 1.29 is 4.74 Å². The molecule has 13 heavy (non-hydrogen) atoms. The van der Waals surface area contributed by atoms with Crippen molar-refractivity contribution in [1.29, 1.82) is 0 Å². The van der Waals surface area contributed by atoms with E-state index in [4.69, 9.17) is 4.74 Å². The second kappa shape index (κ2) is 4.70. The van der Waals surface area contributed by atoms with Gasteiger partial charge in [-0.2, -0.15) is 0 Å². The van der Waals surface area contributed by atoms with Crippen molar-refractivity contribution in [3.05, 3.63) is 0 Å². The zero-order chi connectivity index (χ0) is 10.0. The molecule has 0 spiro atoms. The monoisotopic (exact) mass is 202 g/mol. The smallest absolute Gasteiger partial charge is 0.103 e. The minimum atomic E-state index is 0.141. The van der Waals surface area contributed by atoms with Crippen LogP contribution in [0.3, 0.4) is 0 Å². The highest BCUT2D eigenvalue weighted by molar-refractivity contribution is 7.80. The van der Waals surface area contributed by atoms with E-state index in [0.29, 0.717) is 12.0 Å². The highest BCUT2D eigenvalue weighted by atomic mass is 32.1. The molecule has 0 N–H and O–H groups in total. The first-order valence-corrected chi connectivity index (χ1v) is 5.96. The van der Waals surface area contributed by atoms with Gasteiger partial charge in [-0.25, -0.2) is 0 Å². The number of hydrogen-bond donors (Lipinski definition) is 1. The second-order valence-electron chi connectivity index (χ2n) is 4.26. The summed E-state index contributed by atoms with van der Waals surface area (Å²) in [6.07, 6.45) is 2.77. The molecule has 0 bridgehead atoms. The van der Waals surface area contributed by atoms with Crippen molar-refractivity contribution in [3.8, 4) is 0 Å². The van der Waals surface area contributed by atoms with Crippen molar-refractivity contribution in [2.45, 2.75) is 52.1 Å². The van der Waals surface area contributed by atoms with Crippen LogP contribution < -0.4 is 0 Å². The van der Waals surface area contributed by atoms with Gasteiger partial charge >= 0.3 is 0 Å². The summed E-state index contributed by atoms with van der Waals surface area (Å²) in [6.45, 7) is 9.05. The van der Waals surface area contributed by atoms with Crippen LogP contribution in [0.2, 0.25) is 0 Å². The summed E-state index contributed by atoms with van der Waals surface area (Å²) in [7, 11) is 0. The van der Waals surface area contributed by atoms with E-state index in [9.17, 15) is 0 Å². The molecule has 1 fully saturated rings. The molecular weight excluding hydrogens is 180 g/mol. The first-order valence-electron chi connectivity index (χ1n) is 5.45. The number of thiol groups is 1. The lowest BCUT2D eigenvalue weighted by Crippen LogP contribution is -2.43. The fraction of sp³-hybridized carbons (Fsp3) is 1.00. The Bertz CT molecular complexity index is 158. The van der Waals surface area contributed by atoms with Crippen molar-refractivity contribution in [1.82, 2.24) is 0 Å². The van der Waals surface area contributed by atoms with Gasteiger partial charge in [-0.1, -0.05) is 34.1 Å². The van der Waals surface area contributed by atoms with Crippen molar-refractivity contribution in [3.63, 3.8) is 0 Å². The predicted molar refractivity (Wildman–Crippen MR) is 60.0 cm³/mol. The summed E-state index contributed by atoms with van der Waals surface area (Å²) in [5, 5.41) is 0. The normalized spacial score (nSPS) is 46.4. The molecule has 0 radical (unpaired) electrons. The third-order valence-electron chi connectivity index (χ3n) is 3.62. The molecule has 5 unspecified atom stereocenters. The summed E-state index contributed by atoms with van der Waals surface area (Å²) in [6, 6.07) is 0. The number of ether oxygens (including phenoxy) is 1. The van der Waals surface area contributed by atoms with E-state index >= 15 is 0 Å². The first kappa shape index (κ1) is 11.4. The Morgan fingerprint density at radius 2 is 1.69 bits per heavy atom. The SMILES string of the molecule is CCC1OC(S)C(C)C(C)C1CC. The number of hydrogen-bond acceptors (Lipinski definition) is 2. The Balaban J connectivity index is 2.69. The molecule has 0 amide bonds. The molecule has 1 aliphatic heterocycles. The molecule has 2 heteroatoms. The quantitative estimate of drug-likeness (QED) is 0.676. The average Bonchev–Trinajstić information content (AvgIpc) is 2.13. The Morgan fingerprint density at radius 1 is 1.08 bits per heavy atom. The van der Waals surface area contributed by atoms with Gasteiger partial charge in [-0.05, 0) is 24.2 Å². The van der Waals surface area contributed by atoms with Crippen LogP contribution in [0.15, 0.2) is 0 Å². The largest absolute Gasteiger partial charge is 0.364 e. The molecule has 0 saturated carbocycles. The van der Waals surface area contributed by atoms with Crippen LogP contribution in [-0.2, 0) is 4.74 Å². The van der Waals surface area contributed by atoms with E-state index in [0.717, 1.165) is 18.3 Å². The average molecular weight is 202 g/mol. The van der Waals surface area contributed by atoms with Gasteiger partial charge in [-0.15, -0.1) is 12.6 Å². The fourth-order valence-electron chi connectivity index (χ4n) is 2.43. The van der Waals surface area contributed by atoms with E-state index in [1.807, 2.05) is 0 Å². The molecule has 5 atom stereocenters. The summed E-state index contributed by atoms with van der Waals surface area (Å²) >= 11 is 4.49. The maximum absolute atomic E-state index is 5.89. The van der Waals surface area contributed by atoms with Gasteiger partial charge in [0.1, 0.15) is 5.44 Å². The van der Waals surface area contributed by atoms with Crippen LogP contribution in [0.5, 0.6) is 0 Å². The summed E-state index contributed by atoms with van der Waals surface area (Å²) in [5.74, 6) is 2.05. The van der Waals surface area contributed by atoms with E-state index < -0.39 is 0 Å². The van der Waals surface area contributed by atoms with Gasteiger partial charge in [-0.3, -0.25) is 0 Å². The van der Waals surface area contributed by atoms with Crippen LogP contribution >= 0.6 is 12.6 Å². The lowest BCUT2D eigenvalue weighted by atomic mass is 9.76. The zero-order valence-corrected chi connectivity index (χ0v) is 10.1. The van der Waals surface area contributed by atoms with Gasteiger partial charge < -0.3 is 4.74 Å². The number of rotatable bonds is 2. The topological polar surface area (TPSA) is 9.23 Å². The van der Waals surface area contributed by atoms with Gasteiger partial charge in [0.25, 0.3) is 0 Å². The highest BCUT2D eigenvalue weighted by Crippen LogP contribution is 2.39. The lowest BCUT2D eigenvalue weighted by Gasteiger charge is -2.43. The van der Waals surface area contributed by atoms with Gasteiger partial charge in [0.2, 0.25) is 0 Å². The van der Waals surface area contributed by atoms with Crippen molar-refractivity contribution in [2.75, 3.05) is 0 Å². The van der Waals surface area contributed by atoms with Gasteiger partial charge in [0, 0.05) is 0 Å². The molecule has 1 heterocycles. The molecule has 0 aromatic heterocycles.